The number of carboxylic acid groups (broad SMARTS) is 1. The van der Waals surface area contributed by atoms with Gasteiger partial charge in [0.1, 0.15) is 5.75 Å². The first-order valence-corrected chi connectivity index (χ1v) is 5.00. The summed E-state index contributed by atoms with van der Waals surface area (Å²) >= 11 is 0. The molecule has 18 heavy (non-hydrogen) atoms. The van der Waals surface area contributed by atoms with Crippen LogP contribution in [0, 0.1) is 11.6 Å². The number of carbonyl (C=O) groups excluding carboxylic acids is 1. The third kappa shape index (κ3) is 4.00. The number of rotatable bonds is 4. The highest BCUT2D eigenvalue weighted by Gasteiger charge is 2.13. The van der Waals surface area contributed by atoms with E-state index in [-0.39, 0.29) is 18.7 Å². The number of halogens is 2. The van der Waals surface area contributed by atoms with Crippen molar-refractivity contribution < 1.29 is 28.2 Å². The smallest absolute Gasteiger partial charge is 0.414 e. The van der Waals surface area contributed by atoms with Gasteiger partial charge < -0.3 is 14.7 Å². The summed E-state index contributed by atoms with van der Waals surface area (Å²) in [5, 5.41) is 8.43. The Morgan fingerprint density at radius 2 is 2.00 bits per heavy atom. The monoisotopic (exact) mass is 259 g/mol. The summed E-state index contributed by atoms with van der Waals surface area (Å²) in [7, 11) is 1.34. The summed E-state index contributed by atoms with van der Waals surface area (Å²) in [6.45, 7) is -0.0438. The van der Waals surface area contributed by atoms with Gasteiger partial charge in [-0.25, -0.2) is 13.6 Å². The van der Waals surface area contributed by atoms with E-state index >= 15 is 0 Å². The minimum Gasteiger partial charge on any atom is -0.481 e. The molecule has 1 rings (SSSR count). The fourth-order valence-electron chi connectivity index (χ4n) is 1.07. The quantitative estimate of drug-likeness (QED) is 0.896. The van der Waals surface area contributed by atoms with Crippen molar-refractivity contribution in [3.63, 3.8) is 0 Å². The number of benzene rings is 1. The molecule has 0 radical (unpaired) electrons. The Bertz CT molecular complexity index is 464. The summed E-state index contributed by atoms with van der Waals surface area (Å²) in [5.41, 5.74) is 0. The maximum absolute atomic E-state index is 12.8. The molecule has 0 aliphatic carbocycles. The molecular formula is C11H11F2NO4. The molecule has 0 aromatic heterocycles. The summed E-state index contributed by atoms with van der Waals surface area (Å²) < 4.78 is 30.2. The van der Waals surface area contributed by atoms with Crippen LogP contribution in [0.2, 0.25) is 0 Å². The molecule has 0 fully saturated rings. The molecule has 1 aromatic carbocycles. The zero-order valence-electron chi connectivity index (χ0n) is 9.52. The third-order valence-corrected chi connectivity index (χ3v) is 2.07. The van der Waals surface area contributed by atoms with Gasteiger partial charge in [-0.2, -0.15) is 0 Å². The van der Waals surface area contributed by atoms with E-state index in [9.17, 15) is 18.4 Å². The maximum atomic E-state index is 12.8. The normalized spacial score (nSPS) is 9.94. The number of hydrogen-bond donors (Lipinski definition) is 1. The lowest BCUT2D eigenvalue weighted by molar-refractivity contribution is -0.137. The van der Waals surface area contributed by atoms with Gasteiger partial charge in [-0.3, -0.25) is 4.79 Å². The summed E-state index contributed by atoms with van der Waals surface area (Å²) in [4.78, 5) is 22.7. The third-order valence-electron chi connectivity index (χ3n) is 2.07. The first-order chi connectivity index (χ1) is 8.40. The van der Waals surface area contributed by atoms with Crippen molar-refractivity contribution in [3.8, 4) is 5.75 Å². The predicted molar refractivity (Wildman–Crippen MR) is 57.3 cm³/mol. The Kier molecular flexibility index (Phi) is 4.59. The van der Waals surface area contributed by atoms with Gasteiger partial charge in [-0.15, -0.1) is 0 Å². The number of carboxylic acids is 1. The molecule has 1 amide bonds. The van der Waals surface area contributed by atoms with Crippen LogP contribution < -0.4 is 4.74 Å². The maximum Gasteiger partial charge on any atom is 0.414 e. The summed E-state index contributed by atoms with van der Waals surface area (Å²) in [6.07, 6.45) is -1.08. The van der Waals surface area contributed by atoms with Crippen molar-refractivity contribution in [2.75, 3.05) is 13.6 Å². The lowest BCUT2D eigenvalue weighted by Gasteiger charge is -2.15. The van der Waals surface area contributed by atoms with Crippen molar-refractivity contribution in [1.29, 1.82) is 0 Å². The summed E-state index contributed by atoms with van der Waals surface area (Å²) in [5.74, 6) is -3.38. The number of ether oxygens (including phenoxy) is 1. The predicted octanol–water partition coefficient (Wildman–Crippen LogP) is 1.87. The highest BCUT2D eigenvalue weighted by atomic mass is 19.2. The number of hydrogen-bond acceptors (Lipinski definition) is 3. The zero-order chi connectivity index (χ0) is 13.7. The van der Waals surface area contributed by atoms with Crippen LogP contribution in [0.5, 0.6) is 5.75 Å². The SMILES string of the molecule is CN(CCC(=O)O)C(=O)Oc1ccc(F)c(F)c1. The van der Waals surface area contributed by atoms with Gasteiger partial charge in [-0.05, 0) is 12.1 Å². The van der Waals surface area contributed by atoms with E-state index in [1.807, 2.05) is 0 Å². The van der Waals surface area contributed by atoms with E-state index in [0.717, 1.165) is 23.1 Å². The van der Waals surface area contributed by atoms with Gasteiger partial charge in [0.05, 0.1) is 6.42 Å². The van der Waals surface area contributed by atoms with Gasteiger partial charge in [0.2, 0.25) is 0 Å². The average molecular weight is 259 g/mol. The molecule has 7 heteroatoms. The highest BCUT2D eigenvalue weighted by Crippen LogP contribution is 2.16. The molecule has 0 spiro atoms. The van der Waals surface area contributed by atoms with Crippen LogP contribution in [0.15, 0.2) is 18.2 Å². The van der Waals surface area contributed by atoms with Crippen LogP contribution in [0.4, 0.5) is 13.6 Å². The van der Waals surface area contributed by atoms with E-state index in [1.165, 1.54) is 7.05 Å². The minimum absolute atomic E-state index is 0.0438. The topological polar surface area (TPSA) is 66.8 Å². The van der Waals surface area contributed by atoms with Gasteiger partial charge in [0.15, 0.2) is 11.6 Å². The van der Waals surface area contributed by atoms with Crippen LogP contribution in [0.25, 0.3) is 0 Å². The van der Waals surface area contributed by atoms with Crippen molar-refractivity contribution in [1.82, 2.24) is 4.90 Å². The lowest BCUT2D eigenvalue weighted by atomic mass is 10.3. The van der Waals surface area contributed by atoms with Crippen LogP contribution in [0.1, 0.15) is 6.42 Å². The lowest BCUT2D eigenvalue weighted by Crippen LogP contribution is -2.31. The van der Waals surface area contributed by atoms with Gasteiger partial charge in [0, 0.05) is 19.7 Å². The molecule has 98 valence electrons. The van der Waals surface area contributed by atoms with E-state index in [2.05, 4.69) is 0 Å². The molecule has 0 aliphatic heterocycles. The molecule has 0 unspecified atom stereocenters. The van der Waals surface area contributed by atoms with Crippen molar-refractivity contribution in [2.24, 2.45) is 0 Å². The second-order valence-corrected chi connectivity index (χ2v) is 3.51. The minimum atomic E-state index is -1.13. The number of amides is 1. The van der Waals surface area contributed by atoms with Crippen LogP contribution in [-0.2, 0) is 4.79 Å². The highest BCUT2D eigenvalue weighted by molar-refractivity contribution is 5.72. The molecule has 5 nitrogen and oxygen atoms in total. The van der Waals surface area contributed by atoms with Crippen molar-refractivity contribution in [3.05, 3.63) is 29.8 Å². The fourth-order valence-corrected chi connectivity index (χ4v) is 1.07. The Morgan fingerprint density at radius 3 is 2.56 bits per heavy atom. The van der Waals surface area contributed by atoms with E-state index < -0.39 is 23.7 Å². The first kappa shape index (κ1) is 13.9. The van der Waals surface area contributed by atoms with Crippen LogP contribution in [0.3, 0.4) is 0 Å². The molecule has 0 bridgehead atoms. The number of aliphatic carboxylic acids is 1. The van der Waals surface area contributed by atoms with Crippen LogP contribution in [-0.4, -0.2) is 35.7 Å². The molecule has 0 aliphatic rings. The average Bonchev–Trinajstić information content (AvgIpc) is 2.30. The second kappa shape index (κ2) is 5.95. The van der Waals surface area contributed by atoms with Gasteiger partial charge >= 0.3 is 12.1 Å². The van der Waals surface area contributed by atoms with Crippen molar-refractivity contribution in [2.45, 2.75) is 6.42 Å². The van der Waals surface area contributed by atoms with Gasteiger partial charge in [0.25, 0.3) is 0 Å². The molecule has 0 saturated carbocycles. The molecule has 0 heterocycles. The fraction of sp³-hybridized carbons (Fsp3) is 0.273. The van der Waals surface area contributed by atoms with Crippen molar-refractivity contribution >= 4 is 12.1 Å². The van der Waals surface area contributed by atoms with Crippen LogP contribution >= 0.6 is 0 Å². The molecule has 0 atom stereocenters. The van der Waals surface area contributed by atoms with E-state index in [4.69, 9.17) is 9.84 Å². The Labute approximate surface area is 102 Å². The Morgan fingerprint density at radius 1 is 1.33 bits per heavy atom. The standard InChI is InChI=1S/C11H11F2NO4/c1-14(5-4-10(15)16)11(17)18-7-2-3-8(12)9(13)6-7/h2-3,6H,4-5H2,1H3,(H,15,16). The number of nitrogens with zero attached hydrogens (tertiary/aromatic N) is 1. The Balaban J connectivity index is 2.58. The van der Waals surface area contributed by atoms with Gasteiger partial charge in [-0.1, -0.05) is 0 Å². The molecule has 0 saturated heterocycles. The zero-order valence-corrected chi connectivity index (χ0v) is 9.52. The molecule has 1 aromatic rings. The second-order valence-electron chi connectivity index (χ2n) is 3.51. The molecule has 1 N–H and O–H groups in total. The number of carbonyl (C=O) groups is 2. The van der Waals surface area contributed by atoms with E-state index in [0.29, 0.717) is 0 Å². The molecular weight excluding hydrogens is 248 g/mol. The largest absolute Gasteiger partial charge is 0.481 e. The Hall–Kier alpha value is -2.18. The van der Waals surface area contributed by atoms with E-state index in [1.54, 1.807) is 0 Å². The first-order valence-electron chi connectivity index (χ1n) is 5.00. The summed E-state index contributed by atoms with van der Waals surface area (Å²) in [6, 6.07) is 2.66.